The third kappa shape index (κ3) is 4.39. The number of hydrogen-bond acceptors (Lipinski definition) is 4. The SMILES string of the molecule is CN(C)/C=C1/CCN(C(=O)OC(C)(C)C)CC1=O. The topological polar surface area (TPSA) is 49.9 Å². The Labute approximate surface area is 108 Å². The Morgan fingerprint density at radius 3 is 2.44 bits per heavy atom. The molecule has 5 nitrogen and oxygen atoms in total. The molecule has 1 aliphatic heterocycles. The summed E-state index contributed by atoms with van der Waals surface area (Å²) in [7, 11) is 3.75. The maximum absolute atomic E-state index is 11.9. The average molecular weight is 254 g/mol. The molecule has 0 aromatic heterocycles. The first-order valence-electron chi connectivity index (χ1n) is 6.07. The highest BCUT2D eigenvalue weighted by Gasteiger charge is 2.28. The Bertz CT molecular complexity index is 367. The summed E-state index contributed by atoms with van der Waals surface area (Å²) in [5, 5.41) is 0. The Morgan fingerprint density at radius 2 is 2.00 bits per heavy atom. The molecule has 1 aliphatic rings. The first-order valence-corrected chi connectivity index (χ1v) is 6.07. The second kappa shape index (κ2) is 5.42. The Balaban J connectivity index is 2.61. The number of rotatable bonds is 1. The van der Waals surface area contributed by atoms with Crippen molar-refractivity contribution in [1.29, 1.82) is 0 Å². The van der Waals surface area contributed by atoms with Gasteiger partial charge in [-0.3, -0.25) is 4.79 Å². The van der Waals surface area contributed by atoms with Gasteiger partial charge in [0, 0.05) is 32.4 Å². The van der Waals surface area contributed by atoms with E-state index in [1.165, 1.54) is 4.90 Å². The summed E-state index contributed by atoms with van der Waals surface area (Å²) in [6.45, 7) is 6.07. The maximum atomic E-state index is 11.9. The molecule has 0 bridgehead atoms. The van der Waals surface area contributed by atoms with Crippen molar-refractivity contribution in [2.45, 2.75) is 32.8 Å². The number of amides is 1. The van der Waals surface area contributed by atoms with E-state index in [1.807, 2.05) is 46.0 Å². The molecule has 0 spiro atoms. The van der Waals surface area contributed by atoms with Crippen LogP contribution in [-0.2, 0) is 9.53 Å². The molecule has 0 N–H and O–H groups in total. The lowest BCUT2D eigenvalue weighted by molar-refractivity contribution is -0.118. The fraction of sp³-hybridized carbons (Fsp3) is 0.692. The maximum Gasteiger partial charge on any atom is 0.410 e. The first-order chi connectivity index (χ1) is 8.19. The van der Waals surface area contributed by atoms with Crippen molar-refractivity contribution in [3.8, 4) is 0 Å². The van der Waals surface area contributed by atoms with Crippen LogP contribution in [0.2, 0.25) is 0 Å². The standard InChI is InChI=1S/C13H22N2O3/c1-13(2,3)18-12(17)15-7-6-10(8-14(4)5)11(16)9-15/h8H,6-7,9H2,1-5H3/b10-8-. The Hall–Kier alpha value is -1.52. The van der Waals surface area contributed by atoms with Crippen LogP contribution in [0.4, 0.5) is 4.79 Å². The van der Waals surface area contributed by atoms with Gasteiger partial charge < -0.3 is 14.5 Å². The summed E-state index contributed by atoms with van der Waals surface area (Å²) >= 11 is 0. The molecule has 1 saturated heterocycles. The molecular formula is C13H22N2O3. The van der Waals surface area contributed by atoms with Gasteiger partial charge in [-0.15, -0.1) is 0 Å². The van der Waals surface area contributed by atoms with E-state index in [4.69, 9.17) is 4.74 Å². The minimum Gasteiger partial charge on any atom is -0.444 e. The molecule has 1 rings (SSSR count). The molecule has 1 amide bonds. The van der Waals surface area contributed by atoms with Crippen molar-refractivity contribution in [2.24, 2.45) is 0 Å². The summed E-state index contributed by atoms with van der Waals surface area (Å²) in [6.07, 6.45) is 1.98. The number of hydrogen-bond donors (Lipinski definition) is 0. The van der Waals surface area contributed by atoms with Crippen LogP contribution < -0.4 is 0 Å². The lowest BCUT2D eigenvalue weighted by Gasteiger charge is -2.30. The van der Waals surface area contributed by atoms with Crippen LogP contribution in [0.1, 0.15) is 27.2 Å². The molecule has 102 valence electrons. The number of likely N-dealkylation sites (tertiary alicyclic amines) is 1. The smallest absolute Gasteiger partial charge is 0.410 e. The van der Waals surface area contributed by atoms with Gasteiger partial charge in [-0.25, -0.2) is 4.79 Å². The summed E-state index contributed by atoms with van der Waals surface area (Å²) in [4.78, 5) is 27.0. The zero-order valence-electron chi connectivity index (χ0n) is 11.8. The highest BCUT2D eigenvalue weighted by molar-refractivity contribution is 5.99. The second-order valence-electron chi connectivity index (χ2n) is 5.69. The molecule has 0 aromatic carbocycles. The lowest BCUT2D eigenvalue weighted by Crippen LogP contribution is -2.44. The fourth-order valence-electron chi connectivity index (χ4n) is 1.68. The highest BCUT2D eigenvalue weighted by atomic mass is 16.6. The number of ether oxygens (including phenoxy) is 1. The molecule has 0 aliphatic carbocycles. The minimum atomic E-state index is -0.528. The number of Topliss-reactive ketones (excluding diaryl/α,β-unsaturated/α-hetero) is 1. The van der Waals surface area contributed by atoms with Gasteiger partial charge in [0.2, 0.25) is 0 Å². The van der Waals surface area contributed by atoms with Gasteiger partial charge in [-0.1, -0.05) is 0 Å². The summed E-state index contributed by atoms with van der Waals surface area (Å²) in [5.41, 5.74) is 0.236. The number of carbonyl (C=O) groups excluding carboxylic acids is 2. The molecule has 1 heterocycles. The molecule has 0 atom stereocenters. The van der Waals surface area contributed by atoms with E-state index < -0.39 is 11.7 Å². The monoisotopic (exact) mass is 254 g/mol. The molecule has 0 saturated carbocycles. The van der Waals surface area contributed by atoms with Crippen LogP contribution in [0.25, 0.3) is 0 Å². The summed E-state index contributed by atoms with van der Waals surface area (Å²) < 4.78 is 5.25. The second-order valence-corrected chi connectivity index (χ2v) is 5.69. The largest absolute Gasteiger partial charge is 0.444 e. The Morgan fingerprint density at radius 1 is 1.39 bits per heavy atom. The van der Waals surface area contributed by atoms with Gasteiger partial charge in [0.25, 0.3) is 0 Å². The van der Waals surface area contributed by atoms with E-state index in [0.29, 0.717) is 13.0 Å². The molecule has 0 radical (unpaired) electrons. The first kappa shape index (κ1) is 14.5. The fourth-order valence-corrected chi connectivity index (χ4v) is 1.68. The van der Waals surface area contributed by atoms with Crippen LogP contribution in [0, 0.1) is 0 Å². The minimum absolute atomic E-state index is 0.0131. The van der Waals surface area contributed by atoms with Crippen molar-refractivity contribution >= 4 is 11.9 Å². The van der Waals surface area contributed by atoms with Crippen molar-refractivity contribution in [1.82, 2.24) is 9.80 Å². The average Bonchev–Trinajstić information content (AvgIpc) is 2.17. The van der Waals surface area contributed by atoms with Crippen molar-refractivity contribution in [3.05, 3.63) is 11.8 Å². The quantitative estimate of drug-likeness (QED) is 0.667. The van der Waals surface area contributed by atoms with Gasteiger partial charge in [0.1, 0.15) is 5.60 Å². The van der Waals surface area contributed by atoms with E-state index in [-0.39, 0.29) is 12.3 Å². The van der Waals surface area contributed by atoms with E-state index in [0.717, 1.165) is 5.57 Å². The van der Waals surface area contributed by atoms with Gasteiger partial charge in [-0.05, 0) is 27.2 Å². The van der Waals surface area contributed by atoms with Crippen molar-refractivity contribution in [3.63, 3.8) is 0 Å². The zero-order chi connectivity index (χ0) is 13.9. The highest BCUT2D eigenvalue weighted by Crippen LogP contribution is 2.16. The molecule has 0 unspecified atom stereocenters. The third-order valence-electron chi connectivity index (χ3n) is 2.41. The summed E-state index contributed by atoms with van der Waals surface area (Å²) in [5.74, 6) is -0.0131. The van der Waals surface area contributed by atoms with Crippen LogP contribution in [-0.4, -0.2) is 54.5 Å². The van der Waals surface area contributed by atoms with E-state index in [2.05, 4.69) is 0 Å². The van der Waals surface area contributed by atoms with Crippen molar-refractivity contribution in [2.75, 3.05) is 27.2 Å². The van der Waals surface area contributed by atoms with Crippen LogP contribution >= 0.6 is 0 Å². The number of piperidine rings is 1. The Kier molecular flexibility index (Phi) is 4.38. The summed E-state index contributed by atoms with van der Waals surface area (Å²) in [6, 6.07) is 0. The van der Waals surface area contributed by atoms with Gasteiger partial charge >= 0.3 is 6.09 Å². The molecule has 5 heteroatoms. The molecule has 18 heavy (non-hydrogen) atoms. The van der Waals surface area contributed by atoms with Gasteiger partial charge in [0.15, 0.2) is 5.78 Å². The molecule has 0 aromatic rings. The zero-order valence-corrected chi connectivity index (χ0v) is 11.8. The molecular weight excluding hydrogens is 232 g/mol. The van der Waals surface area contributed by atoms with Crippen LogP contribution in [0.3, 0.4) is 0 Å². The van der Waals surface area contributed by atoms with Crippen LogP contribution in [0.15, 0.2) is 11.8 Å². The van der Waals surface area contributed by atoms with E-state index in [9.17, 15) is 9.59 Å². The molecule has 1 fully saturated rings. The lowest BCUT2D eigenvalue weighted by atomic mass is 10.0. The van der Waals surface area contributed by atoms with E-state index in [1.54, 1.807) is 0 Å². The van der Waals surface area contributed by atoms with Crippen LogP contribution in [0.5, 0.6) is 0 Å². The van der Waals surface area contributed by atoms with E-state index >= 15 is 0 Å². The number of ketones is 1. The number of carbonyl (C=O) groups is 2. The predicted octanol–water partition coefficient (Wildman–Crippen LogP) is 1.64. The predicted molar refractivity (Wildman–Crippen MR) is 69.2 cm³/mol. The normalized spacial score (nSPS) is 19.1. The third-order valence-corrected chi connectivity index (χ3v) is 2.41. The van der Waals surface area contributed by atoms with Gasteiger partial charge in [-0.2, -0.15) is 0 Å². The van der Waals surface area contributed by atoms with Gasteiger partial charge in [0.05, 0.1) is 6.54 Å². The van der Waals surface area contributed by atoms with Crippen molar-refractivity contribution < 1.29 is 14.3 Å². The number of nitrogens with zero attached hydrogens (tertiary/aromatic N) is 2.